The van der Waals surface area contributed by atoms with E-state index in [1.54, 1.807) is 12.4 Å². The zero-order valence-corrected chi connectivity index (χ0v) is 13.8. The highest BCUT2D eigenvalue weighted by atomic mass is 16.5. The maximum absolute atomic E-state index is 9.26. The first kappa shape index (κ1) is 15.6. The molecule has 0 spiro atoms. The van der Waals surface area contributed by atoms with Crippen LogP contribution < -0.4 is 0 Å². The van der Waals surface area contributed by atoms with Crippen molar-refractivity contribution in [2.24, 2.45) is 0 Å². The maximum Gasteiger partial charge on any atom is 0.150 e. The van der Waals surface area contributed by atoms with Crippen LogP contribution in [0.25, 0.3) is 22.4 Å². The summed E-state index contributed by atoms with van der Waals surface area (Å²) in [7, 11) is 0. The fourth-order valence-corrected chi connectivity index (χ4v) is 3.26. The van der Waals surface area contributed by atoms with E-state index in [0.717, 1.165) is 48.3 Å². The van der Waals surface area contributed by atoms with Crippen LogP contribution in [0, 0.1) is 11.3 Å². The number of nitriles is 1. The summed E-state index contributed by atoms with van der Waals surface area (Å²) in [6.45, 7) is 0.757. The Hall–Kier alpha value is -2.97. The Morgan fingerprint density at radius 3 is 2.76 bits per heavy atom. The molecular formula is C20H18N4O. The van der Waals surface area contributed by atoms with Crippen LogP contribution in [0.3, 0.4) is 0 Å². The average Bonchev–Trinajstić information content (AvgIpc) is 3.14. The molecule has 0 amide bonds. The van der Waals surface area contributed by atoms with Crippen molar-refractivity contribution < 1.29 is 4.74 Å². The van der Waals surface area contributed by atoms with Gasteiger partial charge in [-0.05, 0) is 49.1 Å². The summed E-state index contributed by atoms with van der Waals surface area (Å²) in [4.78, 5) is 4.10. The summed E-state index contributed by atoms with van der Waals surface area (Å²) in [6, 6.07) is 13.8. The summed E-state index contributed by atoms with van der Waals surface area (Å²) < 4.78 is 7.92. The zero-order valence-electron chi connectivity index (χ0n) is 13.8. The van der Waals surface area contributed by atoms with Crippen LogP contribution in [0.2, 0.25) is 0 Å². The number of hydrogen-bond donors (Lipinski definition) is 0. The number of benzene rings is 1. The second-order valence-corrected chi connectivity index (χ2v) is 6.10. The van der Waals surface area contributed by atoms with Gasteiger partial charge in [0.15, 0.2) is 6.23 Å². The van der Waals surface area contributed by atoms with Gasteiger partial charge in [0.2, 0.25) is 0 Å². The third-order valence-electron chi connectivity index (χ3n) is 4.48. The molecule has 1 saturated heterocycles. The van der Waals surface area contributed by atoms with Gasteiger partial charge in [0.25, 0.3) is 0 Å². The largest absolute Gasteiger partial charge is 0.356 e. The lowest BCUT2D eigenvalue weighted by Crippen LogP contribution is -2.20. The molecule has 25 heavy (non-hydrogen) atoms. The van der Waals surface area contributed by atoms with Gasteiger partial charge in [-0.3, -0.25) is 4.98 Å². The predicted molar refractivity (Wildman–Crippen MR) is 94.4 cm³/mol. The molecule has 0 N–H and O–H groups in total. The Labute approximate surface area is 146 Å². The quantitative estimate of drug-likeness (QED) is 0.722. The molecule has 1 aliphatic heterocycles. The molecule has 4 rings (SSSR count). The van der Waals surface area contributed by atoms with Crippen LogP contribution in [0.5, 0.6) is 0 Å². The van der Waals surface area contributed by atoms with Gasteiger partial charge in [-0.15, -0.1) is 0 Å². The van der Waals surface area contributed by atoms with Crippen molar-refractivity contribution in [1.82, 2.24) is 14.8 Å². The maximum atomic E-state index is 9.26. The summed E-state index contributed by atoms with van der Waals surface area (Å²) >= 11 is 0. The topological polar surface area (TPSA) is 63.7 Å². The minimum atomic E-state index is -0.0647. The van der Waals surface area contributed by atoms with Crippen molar-refractivity contribution in [3.05, 3.63) is 60.6 Å². The molecular weight excluding hydrogens is 312 g/mol. The molecule has 0 saturated carbocycles. The Bertz CT molecular complexity index is 905. The molecule has 2 aromatic heterocycles. The van der Waals surface area contributed by atoms with Crippen molar-refractivity contribution in [2.75, 3.05) is 6.61 Å². The molecule has 5 heteroatoms. The van der Waals surface area contributed by atoms with Crippen LogP contribution in [-0.4, -0.2) is 21.4 Å². The van der Waals surface area contributed by atoms with E-state index in [-0.39, 0.29) is 6.23 Å². The smallest absolute Gasteiger partial charge is 0.150 e. The summed E-state index contributed by atoms with van der Waals surface area (Å²) in [5.41, 5.74) is 4.66. The van der Waals surface area contributed by atoms with Crippen LogP contribution in [0.4, 0.5) is 0 Å². The van der Waals surface area contributed by atoms with Gasteiger partial charge in [0.1, 0.15) is 0 Å². The third-order valence-corrected chi connectivity index (χ3v) is 4.48. The fourth-order valence-electron chi connectivity index (χ4n) is 3.26. The highest BCUT2D eigenvalue weighted by Crippen LogP contribution is 2.36. The van der Waals surface area contributed by atoms with Crippen LogP contribution in [0.15, 0.2) is 55.0 Å². The predicted octanol–water partition coefficient (Wildman–Crippen LogP) is 4.18. The van der Waals surface area contributed by atoms with Crippen molar-refractivity contribution in [3.8, 4) is 28.5 Å². The first-order valence-electron chi connectivity index (χ1n) is 8.47. The number of aromatic nitrogens is 3. The SMILES string of the molecule is N#Cc1cccc(-c2c(-c3ccncc3)cnn2C2CCCCO2)c1. The Morgan fingerprint density at radius 1 is 1.12 bits per heavy atom. The molecule has 3 heterocycles. The summed E-state index contributed by atoms with van der Waals surface area (Å²) in [6.07, 6.45) is 8.54. The molecule has 5 nitrogen and oxygen atoms in total. The fraction of sp³-hybridized carbons (Fsp3) is 0.250. The number of ether oxygens (including phenoxy) is 1. The van der Waals surface area contributed by atoms with E-state index in [1.165, 1.54) is 0 Å². The molecule has 1 atom stereocenters. The number of nitrogens with zero attached hydrogens (tertiary/aromatic N) is 4. The van der Waals surface area contributed by atoms with E-state index < -0.39 is 0 Å². The number of hydrogen-bond acceptors (Lipinski definition) is 4. The third kappa shape index (κ3) is 3.04. The first-order chi connectivity index (χ1) is 12.4. The van der Waals surface area contributed by atoms with Gasteiger partial charge < -0.3 is 4.74 Å². The van der Waals surface area contributed by atoms with Crippen LogP contribution >= 0.6 is 0 Å². The lowest BCUT2D eigenvalue weighted by atomic mass is 10.0. The minimum absolute atomic E-state index is 0.0647. The van der Waals surface area contributed by atoms with E-state index in [9.17, 15) is 5.26 Å². The zero-order chi connectivity index (χ0) is 17.1. The minimum Gasteiger partial charge on any atom is -0.356 e. The Morgan fingerprint density at radius 2 is 2.00 bits per heavy atom. The molecule has 1 aliphatic rings. The van der Waals surface area contributed by atoms with E-state index in [1.807, 2.05) is 47.3 Å². The molecule has 3 aromatic rings. The lowest BCUT2D eigenvalue weighted by Gasteiger charge is -2.25. The normalized spacial score (nSPS) is 17.2. The monoisotopic (exact) mass is 330 g/mol. The van der Waals surface area contributed by atoms with Crippen LogP contribution in [-0.2, 0) is 4.74 Å². The molecule has 1 fully saturated rings. The molecule has 0 bridgehead atoms. The van der Waals surface area contributed by atoms with E-state index in [0.29, 0.717) is 5.56 Å². The van der Waals surface area contributed by atoms with Crippen LogP contribution in [0.1, 0.15) is 31.1 Å². The van der Waals surface area contributed by atoms with Crippen molar-refractivity contribution in [2.45, 2.75) is 25.5 Å². The number of rotatable bonds is 3. The van der Waals surface area contributed by atoms with Gasteiger partial charge in [-0.1, -0.05) is 12.1 Å². The molecule has 124 valence electrons. The van der Waals surface area contributed by atoms with E-state index in [2.05, 4.69) is 16.2 Å². The molecule has 1 unspecified atom stereocenters. The molecule has 1 aromatic carbocycles. The average molecular weight is 330 g/mol. The van der Waals surface area contributed by atoms with Crippen molar-refractivity contribution >= 4 is 0 Å². The van der Waals surface area contributed by atoms with Gasteiger partial charge in [-0.2, -0.15) is 10.4 Å². The molecule has 0 aliphatic carbocycles. The summed E-state index contributed by atoms with van der Waals surface area (Å²) in [5, 5.41) is 13.9. The Kier molecular flexibility index (Phi) is 4.28. The Balaban J connectivity index is 1.88. The second kappa shape index (κ2) is 6.88. The van der Waals surface area contributed by atoms with Gasteiger partial charge in [0.05, 0.1) is 23.5 Å². The van der Waals surface area contributed by atoms with E-state index >= 15 is 0 Å². The highest BCUT2D eigenvalue weighted by molar-refractivity contribution is 5.81. The van der Waals surface area contributed by atoms with Crippen molar-refractivity contribution in [1.29, 1.82) is 5.26 Å². The number of pyridine rings is 1. The van der Waals surface area contributed by atoms with Gasteiger partial charge in [0, 0.05) is 30.1 Å². The summed E-state index contributed by atoms with van der Waals surface area (Å²) in [5.74, 6) is 0. The van der Waals surface area contributed by atoms with E-state index in [4.69, 9.17) is 4.74 Å². The van der Waals surface area contributed by atoms with Crippen molar-refractivity contribution in [3.63, 3.8) is 0 Å². The lowest BCUT2D eigenvalue weighted by molar-refractivity contribution is -0.0383. The van der Waals surface area contributed by atoms with Gasteiger partial charge >= 0.3 is 0 Å². The molecule has 0 radical (unpaired) electrons. The first-order valence-corrected chi connectivity index (χ1v) is 8.47. The second-order valence-electron chi connectivity index (χ2n) is 6.10. The van der Waals surface area contributed by atoms with Gasteiger partial charge in [-0.25, -0.2) is 4.68 Å². The highest BCUT2D eigenvalue weighted by Gasteiger charge is 2.23. The standard InChI is InChI=1S/C20H18N4O/c21-13-15-4-3-5-17(12-15)20-18(16-7-9-22-10-8-16)14-23-24(20)19-6-1-2-11-25-19/h3-5,7-10,12,14,19H,1-2,6,11H2.